The van der Waals surface area contributed by atoms with E-state index in [9.17, 15) is 18.7 Å². The maximum absolute atomic E-state index is 14.0. The van der Waals surface area contributed by atoms with Crippen LogP contribution in [-0.2, 0) is 11.3 Å². The molecule has 8 heteroatoms. The summed E-state index contributed by atoms with van der Waals surface area (Å²) in [5, 5.41) is 10.7. The number of carbonyl (C=O) groups excluding carboxylic acids is 1. The number of phenolic OH excluding ortho intramolecular Hbond substituents is 1. The molecule has 0 aliphatic carbocycles. The Labute approximate surface area is 175 Å². The second-order valence-electron chi connectivity index (χ2n) is 6.63. The molecule has 4 aromatic rings. The van der Waals surface area contributed by atoms with Crippen LogP contribution in [0.3, 0.4) is 0 Å². The molecule has 0 saturated carbocycles. The first-order valence-electron chi connectivity index (χ1n) is 8.89. The van der Waals surface area contributed by atoms with E-state index in [1.54, 1.807) is 41.0 Å². The Morgan fingerprint density at radius 2 is 1.80 bits per heavy atom. The third-order valence-corrected chi connectivity index (χ3v) is 4.94. The first kappa shape index (κ1) is 19.8. The average molecular weight is 429 g/mol. The van der Waals surface area contributed by atoms with Gasteiger partial charge in [-0.1, -0.05) is 23.7 Å². The molecule has 30 heavy (non-hydrogen) atoms. The molecule has 0 radical (unpaired) electrons. The third-order valence-electron chi connectivity index (χ3n) is 4.71. The number of phenols is 1. The van der Waals surface area contributed by atoms with Crippen molar-refractivity contribution in [3.05, 3.63) is 82.4 Å². The van der Waals surface area contributed by atoms with E-state index in [1.807, 2.05) is 0 Å². The highest BCUT2D eigenvalue weighted by Crippen LogP contribution is 2.34. The van der Waals surface area contributed by atoms with Crippen molar-refractivity contribution in [3.63, 3.8) is 0 Å². The lowest BCUT2D eigenvalue weighted by atomic mass is 10.1. The van der Waals surface area contributed by atoms with E-state index in [0.717, 1.165) is 17.7 Å². The molecule has 1 heterocycles. The molecule has 4 rings (SSSR count). The van der Waals surface area contributed by atoms with Crippen molar-refractivity contribution in [2.24, 2.45) is 0 Å². The highest BCUT2D eigenvalue weighted by Gasteiger charge is 2.19. The lowest BCUT2D eigenvalue weighted by Gasteiger charge is -2.11. The second kappa shape index (κ2) is 7.76. The van der Waals surface area contributed by atoms with Gasteiger partial charge in [0.1, 0.15) is 11.6 Å². The molecule has 0 spiro atoms. The molecule has 0 aliphatic heterocycles. The number of carbonyl (C=O) groups is 1. The maximum Gasteiger partial charge on any atom is 0.337 e. The zero-order valence-corrected chi connectivity index (χ0v) is 16.5. The number of hydrogen-bond donors (Lipinski definition) is 1. The lowest BCUT2D eigenvalue weighted by Crippen LogP contribution is -2.05. The molecule has 152 valence electrons. The van der Waals surface area contributed by atoms with Gasteiger partial charge in [-0.25, -0.2) is 18.6 Å². The van der Waals surface area contributed by atoms with Crippen molar-refractivity contribution >= 4 is 28.6 Å². The molecule has 0 bridgehead atoms. The molecule has 0 unspecified atom stereocenters. The van der Waals surface area contributed by atoms with Gasteiger partial charge in [0.25, 0.3) is 0 Å². The molecule has 0 amide bonds. The summed E-state index contributed by atoms with van der Waals surface area (Å²) in [5.41, 5.74) is 2.13. The summed E-state index contributed by atoms with van der Waals surface area (Å²) in [6.07, 6.45) is 0. The van der Waals surface area contributed by atoms with E-state index >= 15 is 0 Å². The first-order valence-corrected chi connectivity index (χ1v) is 9.26. The number of fused-ring (bicyclic) bond motifs is 1. The van der Waals surface area contributed by atoms with Gasteiger partial charge < -0.3 is 14.4 Å². The van der Waals surface area contributed by atoms with Gasteiger partial charge in [0.15, 0.2) is 11.6 Å². The molecular weight excluding hydrogens is 414 g/mol. The van der Waals surface area contributed by atoms with E-state index in [2.05, 4.69) is 4.98 Å². The van der Waals surface area contributed by atoms with Gasteiger partial charge in [-0.15, -0.1) is 0 Å². The number of methoxy groups -OCH3 is 1. The van der Waals surface area contributed by atoms with Gasteiger partial charge in [-0.05, 0) is 35.9 Å². The Balaban J connectivity index is 1.86. The fourth-order valence-electron chi connectivity index (χ4n) is 3.23. The van der Waals surface area contributed by atoms with Crippen LogP contribution >= 0.6 is 11.6 Å². The normalized spacial score (nSPS) is 11.1. The van der Waals surface area contributed by atoms with Crippen molar-refractivity contribution < 1.29 is 23.4 Å². The van der Waals surface area contributed by atoms with E-state index in [-0.39, 0.29) is 17.8 Å². The monoisotopic (exact) mass is 428 g/mol. The fourth-order valence-corrected chi connectivity index (χ4v) is 3.39. The quantitative estimate of drug-likeness (QED) is 0.455. The zero-order chi connectivity index (χ0) is 21.4. The lowest BCUT2D eigenvalue weighted by molar-refractivity contribution is 0.0600. The summed E-state index contributed by atoms with van der Waals surface area (Å²) in [6.45, 7) is 0.237. The van der Waals surface area contributed by atoms with Crippen molar-refractivity contribution in [1.82, 2.24) is 9.55 Å². The van der Waals surface area contributed by atoms with Crippen LogP contribution in [0.4, 0.5) is 8.78 Å². The fraction of sp³-hybridized carbons (Fsp3) is 0.0909. The number of aromatic nitrogens is 2. The Kier molecular flexibility index (Phi) is 5.13. The van der Waals surface area contributed by atoms with Gasteiger partial charge in [-0.3, -0.25) is 0 Å². The van der Waals surface area contributed by atoms with Crippen LogP contribution in [0.15, 0.2) is 54.6 Å². The van der Waals surface area contributed by atoms with Crippen molar-refractivity contribution in [1.29, 1.82) is 0 Å². The number of esters is 1. The Morgan fingerprint density at radius 1 is 1.10 bits per heavy atom. The number of ether oxygens (including phenoxy) is 1. The number of aromatic hydroxyl groups is 1. The molecule has 0 atom stereocenters. The minimum Gasteiger partial charge on any atom is -0.507 e. The largest absolute Gasteiger partial charge is 0.507 e. The third kappa shape index (κ3) is 3.59. The van der Waals surface area contributed by atoms with Gasteiger partial charge in [0, 0.05) is 23.7 Å². The van der Waals surface area contributed by atoms with Gasteiger partial charge in [0.05, 0.1) is 29.3 Å². The van der Waals surface area contributed by atoms with Crippen LogP contribution in [0.5, 0.6) is 5.75 Å². The number of benzene rings is 3. The smallest absolute Gasteiger partial charge is 0.337 e. The van der Waals surface area contributed by atoms with Crippen LogP contribution in [0.25, 0.3) is 22.4 Å². The molecule has 0 saturated heterocycles. The van der Waals surface area contributed by atoms with Crippen LogP contribution < -0.4 is 0 Å². The SMILES string of the molecule is COC(=O)c1ccc(Cn2c(-c3ccc(Cl)cc3O)nc3cc(F)c(F)cc32)cc1. The molecule has 0 fully saturated rings. The number of halogens is 3. The number of imidazole rings is 1. The standard InChI is InChI=1S/C22H15ClF2N2O3/c1-30-22(29)13-4-2-12(3-5-13)11-27-19-10-17(25)16(24)9-18(19)26-21(27)15-7-6-14(23)8-20(15)28/h2-10,28H,11H2,1H3. The van der Waals surface area contributed by atoms with Gasteiger partial charge >= 0.3 is 5.97 Å². The summed E-state index contributed by atoms with van der Waals surface area (Å²) in [4.78, 5) is 16.0. The number of rotatable bonds is 4. The maximum atomic E-state index is 14.0. The van der Waals surface area contributed by atoms with E-state index in [0.29, 0.717) is 27.5 Å². The van der Waals surface area contributed by atoms with Gasteiger partial charge in [0.2, 0.25) is 0 Å². The summed E-state index contributed by atoms with van der Waals surface area (Å²) < 4.78 is 34.1. The highest BCUT2D eigenvalue weighted by molar-refractivity contribution is 6.30. The highest BCUT2D eigenvalue weighted by atomic mass is 35.5. The van der Waals surface area contributed by atoms with Crippen LogP contribution in [-0.4, -0.2) is 27.7 Å². The Hall–Kier alpha value is -3.45. The van der Waals surface area contributed by atoms with Gasteiger partial charge in [-0.2, -0.15) is 0 Å². The summed E-state index contributed by atoms with van der Waals surface area (Å²) in [5.74, 6) is -2.26. The summed E-state index contributed by atoms with van der Waals surface area (Å²) in [7, 11) is 1.30. The molecular formula is C22H15ClF2N2O3. The number of hydrogen-bond acceptors (Lipinski definition) is 4. The molecule has 0 aliphatic rings. The van der Waals surface area contributed by atoms with Crippen molar-refractivity contribution in [3.8, 4) is 17.1 Å². The van der Waals surface area contributed by atoms with E-state index in [4.69, 9.17) is 16.3 Å². The summed E-state index contributed by atoms with van der Waals surface area (Å²) in [6, 6.07) is 13.3. The Bertz CT molecular complexity index is 1270. The molecule has 1 N–H and O–H groups in total. The van der Waals surface area contributed by atoms with Crippen molar-refractivity contribution in [2.75, 3.05) is 7.11 Å². The van der Waals surface area contributed by atoms with E-state index in [1.165, 1.54) is 13.2 Å². The average Bonchev–Trinajstić information content (AvgIpc) is 3.05. The first-order chi connectivity index (χ1) is 14.4. The zero-order valence-electron chi connectivity index (χ0n) is 15.7. The van der Waals surface area contributed by atoms with Crippen molar-refractivity contribution in [2.45, 2.75) is 6.54 Å². The topological polar surface area (TPSA) is 64.3 Å². The number of nitrogens with zero attached hydrogens (tertiary/aromatic N) is 2. The van der Waals surface area contributed by atoms with E-state index < -0.39 is 17.6 Å². The van der Waals surface area contributed by atoms with Crippen LogP contribution in [0.1, 0.15) is 15.9 Å². The minimum absolute atomic E-state index is 0.110. The molecule has 1 aromatic heterocycles. The Morgan fingerprint density at radius 3 is 2.47 bits per heavy atom. The molecule has 3 aromatic carbocycles. The predicted octanol–water partition coefficient (Wildman–Crippen LogP) is 5.18. The minimum atomic E-state index is -1.01. The van der Waals surface area contributed by atoms with Crippen LogP contribution in [0, 0.1) is 11.6 Å². The summed E-state index contributed by atoms with van der Waals surface area (Å²) >= 11 is 5.92. The predicted molar refractivity (Wildman–Crippen MR) is 109 cm³/mol. The molecule has 5 nitrogen and oxygen atoms in total. The van der Waals surface area contributed by atoms with Crippen LogP contribution in [0.2, 0.25) is 5.02 Å². The second-order valence-corrected chi connectivity index (χ2v) is 7.06.